The molecule has 1 aromatic rings. The minimum atomic E-state index is -0.0916. The van der Waals surface area contributed by atoms with E-state index in [-0.39, 0.29) is 5.60 Å². The van der Waals surface area contributed by atoms with Gasteiger partial charge in [0, 0.05) is 18.7 Å². The molecule has 0 aromatic carbocycles. The molecule has 4 nitrogen and oxygen atoms in total. The van der Waals surface area contributed by atoms with E-state index in [0.29, 0.717) is 11.1 Å². The largest absolute Gasteiger partial charge is 0.373 e. The summed E-state index contributed by atoms with van der Waals surface area (Å²) < 4.78 is 5.75. The molecule has 1 unspecified atom stereocenters. The van der Waals surface area contributed by atoms with Crippen molar-refractivity contribution in [2.45, 2.75) is 45.1 Å². The van der Waals surface area contributed by atoms with Crippen LogP contribution in [0.3, 0.4) is 0 Å². The number of rotatable bonds is 4. The summed E-state index contributed by atoms with van der Waals surface area (Å²) >= 11 is 6.13. The monoisotopic (exact) mass is 269 g/mol. The molecule has 0 spiro atoms. The molecule has 0 bridgehead atoms. The van der Waals surface area contributed by atoms with Crippen LogP contribution in [0.25, 0.3) is 0 Å². The second-order valence-electron chi connectivity index (χ2n) is 5.34. The fraction of sp³-hybridized carbons (Fsp3) is 0.692. The Kier molecular flexibility index (Phi) is 4.07. The van der Waals surface area contributed by atoms with Crippen molar-refractivity contribution in [3.8, 4) is 0 Å². The number of nitrogens with one attached hydrogen (secondary N) is 1. The van der Waals surface area contributed by atoms with E-state index >= 15 is 0 Å². The van der Waals surface area contributed by atoms with Gasteiger partial charge in [-0.1, -0.05) is 25.4 Å². The zero-order valence-electron chi connectivity index (χ0n) is 11.2. The molecule has 0 radical (unpaired) electrons. The Hall–Kier alpha value is -0.870. The highest BCUT2D eigenvalue weighted by Gasteiger charge is 2.30. The standard InChI is InChI=1S/C13H20ClN3O/c1-9(2)10-11(14)16-8-17-12(10)15-7-13(3)5-4-6-18-13/h8-9H,4-7H2,1-3H3,(H,15,16,17). The van der Waals surface area contributed by atoms with E-state index in [9.17, 15) is 0 Å². The number of halogens is 1. The Balaban J connectivity index is 2.11. The van der Waals surface area contributed by atoms with Crippen LogP contribution in [-0.4, -0.2) is 28.7 Å². The van der Waals surface area contributed by atoms with Gasteiger partial charge in [-0.05, 0) is 25.7 Å². The Morgan fingerprint density at radius 2 is 2.28 bits per heavy atom. The zero-order valence-corrected chi connectivity index (χ0v) is 11.9. The van der Waals surface area contributed by atoms with Gasteiger partial charge >= 0.3 is 0 Å². The molecule has 2 heterocycles. The normalized spacial score (nSPS) is 23.6. The minimum Gasteiger partial charge on any atom is -0.373 e. The van der Waals surface area contributed by atoms with Gasteiger partial charge in [0.25, 0.3) is 0 Å². The summed E-state index contributed by atoms with van der Waals surface area (Å²) in [6.07, 6.45) is 3.70. The predicted molar refractivity (Wildman–Crippen MR) is 73.2 cm³/mol. The number of anilines is 1. The van der Waals surface area contributed by atoms with Gasteiger partial charge in [0.05, 0.1) is 5.60 Å². The van der Waals surface area contributed by atoms with E-state index in [1.165, 1.54) is 6.33 Å². The molecular formula is C13H20ClN3O. The van der Waals surface area contributed by atoms with E-state index < -0.39 is 0 Å². The quantitative estimate of drug-likeness (QED) is 0.853. The van der Waals surface area contributed by atoms with Crippen molar-refractivity contribution in [2.75, 3.05) is 18.5 Å². The van der Waals surface area contributed by atoms with Crippen LogP contribution < -0.4 is 5.32 Å². The molecule has 1 N–H and O–H groups in total. The second-order valence-corrected chi connectivity index (χ2v) is 5.69. The number of ether oxygens (including phenoxy) is 1. The first-order valence-corrected chi connectivity index (χ1v) is 6.78. The van der Waals surface area contributed by atoms with Crippen LogP contribution in [0.5, 0.6) is 0 Å². The zero-order chi connectivity index (χ0) is 13.2. The van der Waals surface area contributed by atoms with Gasteiger partial charge in [-0.25, -0.2) is 9.97 Å². The molecule has 18 heavy (non-hydrogen) atoms. The Morgan fingerprint density at radius 1 is 1.50 bits per heavy atom. The second kappa shape index (κ2) is 5.41. The lowest BCUT2D eigenvalue weighted by Gasteiger charge is -2.25. The van der Waals surface area contributed by atoms with Gasteiger partial charge < -0.3 is 10.1 Å². The van der Waals surface area contributed by atoms with Crippen LogP contribution in [-0.2, 0) is 4.74 Å². The molecule has 1 saturated heterocycles. The summed E-state index contributed by atoms with van der Waals surface area (Å²) in [5.41, 5.74) is 0.881. The summed E-state index contributed by atoms with van der Waals surface area (Å²) in [6.45, 7) is 7.90. The van der Waals surface area contributed by atoms with E-state index in [4.69, 9.17) is 16.3 Å². The maximum atomic E-state index is 6.13. The van der Waals surface area contributed by atoms with E-state index in [1.807, 2.05) is 0 Å². The molecule has 1 atom stereocenters. The maximum absolute atomic E-state index is 6.13. The average Bonchev–Trinajstić information content (AvgIpc) is 2.73. The lowest BCUT2D eigenvalue weighted by molar-refractivity contribution is 0.0314. The number of aromatic nitrogens is 2. The first kappa shape index (κ1) is 13.6. The van der Waals surface area contributed by atoms with Gasteiger partial charge in [0.2, 0.25) is 0 Å². The highest BCUT2D eigenvalue weighted by Crippen LogP contribution is 2.30. The topological polar surface area (TPSA) is 47.0 Å². The summed E-state index contributed by atoms with van der Waals surface area (Å²) in [4.78, 5) is 8.33. The molecule has 1 fully saturated rings. The summed E-state index contributed by atoms with van der Waals surface area (Å²) in [7, 11) is 0. The van der Waals surface area contributed by atoms with Crippen LogP contribution in [0.4, 0.5) is 5.82 Å². The Bertz CT molecular complexity index is 417. The van der Waals surface area contributed by atoms with Crippen LogP contribution in [0.2, 0.25) is 5.15 Å². The van der Waals surface area contributed by atoms with Gasteiger partial charge in [-0.2, -0.15) is 0 Å². The molecule has 1 aliphatic rings. The van der Waals surface area contributed by atoms with Gasteiger partial charge in [0.1, 0.15) is 17.3 Å². The fourth-order valence-corrected chi connectivity index (χ4v) is 2.62. The first-order chi connectivity index (χ1) is 8.52. The van der Waals surface area contributed by atoms with Crippen molar-refractivity contribution in [3.05, 3.63) is 17.0 Å². The highest BCUT2D eigenvalue weighted by atomic mass is 35.5. The lowest BCUT2D eigenvalue weighted by atomic mass is 10.0. The smallest absolute Gasteiger partial charge is 0.138 e. The molecular weight excluding hydrogens is 250 g/mol. The summed E-state index contributed by atoms with van der Waals surface area (Å²) in [5, 5.41) is 3.89. The molecule has 1 aromatic heterocycles. The summed E-state index contributed by atoms with van der Waals surface area (Å²) in [5.74, 6) is 1.11. The molecule has 0 aliphatic carbocycles. The number of nitrogens with zero attached hydrogens (tertiary/aromatic N) is 2. The molecule has 100 valence electrons. The van der Waals surface area contributed by atoms with Crippen molar-refractivity contribution >= 4 is 17.4 Å². The molecule has 0 saturated carbocycles. The van der Waals surface area contributed by atoms with Crippen molar-refractivity contribution < 1.29 is 4.74 Å². The third kappa shape index (κ3) is 2.93. The number of hydrogen-bond acceptors (Lipinski definition) is 4. The first-order valence-electron chi connectivity index (χ1n) is 6.40. The van der Waals surface area contributed by atoms with E-state index in [1.54, 1.807) is 0 Å². The lowest BCUT2D eigenvalue weighted by Crippen LogP contribution is -2.33. The third-order valence-electron chi connectivity index (χ3n) is 3.34. The molecule has 5 heteroatoms. The van der Waals surface area contributed by atoms with Crippen molar-refractivity contribution in [1.82, 2.24) is 9.97 Å². The SMILES string of the molecule is CC(C)c1c(Cl)ncnc1NCC1(C)CCCO1. The van der Waals surface area contributed by atoms with Crippen LogP contribution in [0.15, 0.2) is 6.33 Å². The van der Waals surface area contributed by atoms with Crippen LogP contribution >= 0.6 is 11.6 Å². The molecule has 0 amide bonds. The average molecular weight is 270 g/mol. The van der Waals surface area contributed by atoms with Crippen LogP contribution in [0, 0.1) is 0 Å². The van der Waals surface area contributed by atoms with Gasteiger partial charge in [0.15, 0.2) is 0 Å². The highest BCUT2D eigenvalue weighted by molar-refractivity contribution is 6.30. The van der Waals surface area contributed by atoms with Gasteiger partial charge in [-0.3, -0.25) is 0 Å². The van der Waals surface area contributed by atoms with Crippen molar-refractivity contribution in [2.24, 2.45) is 0 Å². The third-order valence-corrected chi connectivity index (χ3v) is 3.64. The van der Waals surface area contributed by atoms with E-state index in [0.717, 1.165) is 37.4 Å². The molecule has 2 rings (SSSR count). The molecule has 1 aliphatic heterocycles. The predicted octanol–water partition coefficient (Wildman–Crippen LogP) is 3.23. The fourth-order valence-electron chi connectivity index (χ4n) is 2.27. The van der Waals surface area contributed by atoms with Gasteiger partial charge in [-0.15, -0.1) is 0 Å². The Morgan fingerprint density at radius 3 is 2.89 bits per heavy atom. The Labute approximate surface area is 113 Å². The van der Waals surface area contributed by atoms with E-state index in [2.05, 4.69) is 36.1 Å². The van der Waals surface area contributed by atoms with Crippen molar-refractivity contribution in [3.63, 3.8) is 0 Å². The minimum absolute atomic E-state index is 0.0916. The van der Waals surface area contributed by atoms with Crippen molar-refractivity contribution in [1.29, 1.82) is 0 Å². The van der Waals surface area contributed by atoms with Crippen LogP contribution in [0.1, 0.15) is 45.1 Å². The summed E-state index contributed by atoms with van der Waals surface area (Å²) in [6, 6.07) is 0. The maximum Gasteiger partial charge on any atom is 0.138 e. The number of hydrogen-bond donors (Lipinski definition) is 1.